The molecule has 1 heterocycles. The van der Waals surface area contributed by atoms with Crippen molar-refractivity contribution in [1.82, 2.24) is 5.32 Å². The van der Waals surface area contributed by atoms with E-state index in [1.165, 1.54) is 11.1 Å². The van der Waals surface area contributed by atoms with Crippen molar-refractivity contribution in [3.63, 3.8) is 0 Å². The number of carbonyl (C=O) groups excluding carboxylic acids is 2. The topological polar surface area (TPSA) is 58.2 Å². The number of para-hydroxylation sites is 1. The number of benzene rings is 2. The molecule has 0 saturated heterocycles. The van der Waals surface area contributed by atoms with Gasteiger partial charge in [-0.05, 0) is 48.4 Å². The predicted molar refractivity (Wildman–Crippen MR) is 102 cm³/mol. The van der Waals surface area contributed by atoms with Crippen molar-refractivity contribution in [2.45, 2.75) is 50.5 Å². The van der Waals surface area contributed by atoms with Gasteiger partial charge in [-0.25, -0.2) is 0 Å². The first-order chi connectivity index (χ1) is 12.7. The number of aryl methyl sites for hydroxylation is 2. The average molecular weight is 348 g/mol. The molecule has 0 radical (unpaired) electrons. The Morgan fingerprint density at radius 2 is 1.65 bits per heavy atom. The molecule has 4 heteroatoms. The maximum absolute atomic E-state index is 12.6. The third kappa shape index (κ3) is 3.64. The Balaban J connectivity index is 1.38. The van der Waals surface area contributed by atoms with Crippen LogP contribution in [0, 0.1) is 0 Å². The van der Waals surface area contributed by atoms with Crippen LogP contribution >= 0.6 is 0 Å². The van der Waals surface area contributed by atoms with Gasteiger partial charge in [0.1, 0.15) is 0 Å². The Morgan fingerprint density at radius 1 is 1.00 bits per heavy atom. The summed E-state index contributed by atoms with van der Waals surface area (Å²) in [6, 6.07) is 16.5. The molecular formula is C22H24N2O2. The minimum atomic E-state index is -0.0390. The monoisotopic (exact) mass is 348 g/mol. The molecule has 2 aromatic rings. The molecule has 2 amide bonds. The fourth-order valence-electron chi connectivity index (χ4n) is 4.19. The van der Waals surface area contributed by atoms with Gasteiger partial charge in [0.25, 0.3) is 0 Å². The van der Waals surface area contributed by atoms with E-state index >= 15 is 0 Å². The minimum Gasteiger partial charge on any atom is -0.353 e. The molecule has 1 aliphatic heterocycles. The van der Waals surface area contributed by atoms with Crippen LogP contribution in [0.3, 0.4) is 0 Å². The fourth-order valence-corrected chi connectivity index (χ4v) is 4.19. The molecule has 0 saturated carbocycles. The highest BCUT2D eigenvalue weighted by atomic mass is 16.2. The van der Waals surface area contributed by atoms with Crippen LogP contribution in [-0.2, 0) is 22.4 Å². The summed E-state index contributed by atoms with van der Waals surface area (Å²) in [6.07, 6.45) is 4.72. The number of carbonyl (C=O) groups is 2. The van der Waals surface area contributed by atoms with Gasteiger partial charge in [-0.15, -0.1) is 0 Å². The molecule has 26 heavy (non-hydrogen) atoms. The van der Waals surface area contributed by atoms with E-state index in [0.29, 0.717) is 12.8 Å². The molecule has 4 rings (SSSR count). The van der Waals surface area contributed by atoms with Crippen molar-refractivity contribution in [3.8, 4) is 0 Å². The molecule has 1 unspecified atom stereocenters. The van der Waals surface area contributed by atoms with Gasteiger partial charge in [-0.1, -0.05) is 42.5 Å². The van der Waals surface area contributed by atoms with E-state index in [0.717, 1.165) is 36.9 Å². The average Bonchev–Trinajstić information content (AvgIpc) is 2.84. The van der Waals surface area contributed by atoms with Crippen molar-refractivity contribution in [1.29, 1.82) is 0 Å². The van der Waals surface area contributed by atoms with Gasteiger partial charge < -0.3 is 10.6 Å². The van der Waals surface area contributed by atoms with Gasteiger partial charge in [0.15, 0.2) is 0 Å². The molecule has 4 nitrogen and oxygen atoms in total. The van der Waals surface area contributed by atoms with Gasteiger partial charge in [-0.2, -0.15) is 0 Å². The van der Waals surface area contributed by atoms with Crippen LogP contribution in [0.4, 0.5) is 5.69 Å². The molecule has 0 spiro atoms. The highest BCUT2D eigenvalue weighted by Crippen LogP contribution is 2.34. The Hall–Kier alpha value is -2.62. The summed E-state index contributed by atoms with van der Waals surface area (Å²) in [6.45, 7) is 0. The number of amides is 2. The quantitative estimate of drug-likeness (QED) is 0.833. The second-order valence-corrected chi connectivity index (χ2v) is 7.35. The largest absolute Gasteiger partial charge is 0.353 e. The molecule has 1 atom stereocenters. The molecule has 0 fully saturated rings. The zero-order valence-electron chi connectivity index (χ0n) is 14.8. The van der Waals surface area contributed by atoms with Crippen LogP contribution in [0.2, 0.25) is 0 Å². The first-order valence-corrected chi connectivity index (χ1v) is 9.44. The lowest BCUT2D eigenvalue weighted by Gasteiger charge is -2.26. The van der Waals surface area contributed by atoms with Crippen molar-refractivity contribution in [2.24, 2.45) is 0 Å². The van der Waals surface area contributed by atoms with E-state index in [1.807, 2.05) is 24.3 Å². The number of rotatable bonds is 3. The lowest BCUT2D eigenvalue weighted by molar-refractivity contribution is -0.122. The zero-order chi connectivity index (χ0) is 17.9. The van der Waals surface area contributed by atoms with E-state index in [2.05, 4.69) is 34.9 Å². The summed E-state index contributed by atoms with van der Waals surface area (Å²) in [4.78, 5) is 24.6. The summed E-state index contributed by atoms with van der Waals surface area (Å²) in [5.41, 5.74) is 4.71. The zero-order valence-corrected chi connectivity index (χ0v) is 14.8. The van der Waals surface area contributed by atoms with Gasteiger partial charge in [0.05, 0.1) is 0 Å². The fraction of sp³-hybridized carbons (Fsp3) is 0.364. The Morgan fingerprint density at radius 3 is 2.38 bits per heavy atom. The highest BCUT2D eigenvalue weighted by molar-refractivity contribution is 5.95. The standard InChI is InChI=1S/C22H24N2O2/c25-21(13-17-14-22(26)24-20-8-4-3-7-19(17)20)23-18-11-9-15-5-1-2-6-16(15)10-12-18/h1-8,17-18H,9-14H2,(H,23,25)(H,24,26). The molecule has 0 aromatic heterocycles. The smallest absolute Gasteiger partial charge is 0.225 e. The maximum Gasteiger partial charge on any atom is 0.225 e. The molecule has 2 aliphatic rings. The van der Waals surface area contributed by atoms with E-state index in [9.17, 15) is 9.59 Å². The number of hydrogen-bond acceptors (Lipinski definition) is 2. The summed E-state index contributed by atoms with van der Waals surface area (Å²) < 4.78 is 0. The summed E-state index contributed by atoms with van der Waals surface area (Å²) >= 11 is 0. The lowest BCUT2D eigenvalue weighted by atomic mass is 9.87. The van der Waals surface area contributed by atoms with E-state index in [-0.39, 0.29) is 23.8 Å². The number of hydrogen-bond donors (Lipinski definition) is 2. The molecule has 1 aliphatic carbocycles. The Labute approximate surface area is 154 Å². The molecular weight excluding hydrogens is 324 g/mol. The van der Waals surface area contributed by atoms with Crippen molar-refractivity contribution in [3.05, 3.63) is 65.2 Å². The van der Waals surface area contributed by atoms with E-state index < -0.39 is 0 Å². The SMILES string of the molecule is O=C1CC(CC(=O)NC2CCc3ccccc3CC2)c2ccccc2N1. The van der Waals surface area contributed by atoms with Crippen LogP contribution in [0.1, 0.15) is 48.3 Å². The van der Waals surface area contributed by atoms with Crippen LogP contribution in [-0.4, -0.2) is 17.9 Å². The van der Waals surface area contributed by atoms with Crippen LogP contribution < -0.4 is 10.6 Å². The number of nitrogens with one attached hydrogen (secondary N) is 2. The van der Waals surface area contributed by atoms with E-state index in [4.69, 9.17) is 0 Å². The van der Waals surface area contributed by atoms with Gasteiger partial charge in [-0.3, -0.25) is 9.59 Å². The molecule has 2 aromatic carbocycles. The molecule has 134 valence electrons. The van der Waals surface area contributed by atoms with Crippen LogP contribution in [0.25, 0.3) is 0 Å². The van der Waals surface area contributed by atoms with Crippen molar-refractivity contribution in [2.75, 3.05) is 5.32 Å². The van der Waals surface area contributed by atoms with Gasteiger partial charge in [0.2, 0.25) is 11.8 Å². The minimum absolute atomic E-state index is 0.00795. The molecule has 2 N–H and O–H groups in total. The first-order valence-electron chi connectivity index (χ1n) is 9.44. The van der Waals surface area contributed by atoms with Gasteiger partial charge >= 0.3 is 0 Å². The third-order valence-electron chi connectivity index (χ3n) is 5.55. The summed E-state index contributed by atoms with van der Waals surface area (Å²) in [5, 5.41) is 6.11. The predicted octanol–water partition coefficient (Wildman–Crippen LogP) is 3.57. The van der Waals surface area contributed by atoms with Crippen molar-refractivity contribution < 1.29 is 9.59 Å². The van der Waals surface area contributed by atoms with Crippen molar-refractivity contribution >= 4 is 17.5 Å². The summed E-state index contributed by atoms with van der Waals surface area (Å²) in [5.74, 6) is 0.00444. The normalized spacial score (nSPS) is 19.7. The lowest BCUT2D eigenvalue weighted by Crippen LogP contribution is -2.36. The number of fused-ring (bicyclic) bond motifs is 2. The third-order valence-corrected chi connectivity index (χ3v) is 5.55. The highest BCUT2D eigenvalue weighted by Gasteiger charge is 2.27. The van der Waals surface area contributed by atoms with Crippen LogP contribution in [0.15, 0.2) is 48.5 Å². The van der Waals surface area contributed by atoms with Crippen LogP contribution in [0.5, 0.6) is 0 Å². The Kier molecular flexibility index (Phi) is 4.74. The second kappa shape index (κ2) is 7.32. The maximum atomic E-state index is 12.6. The molecule has 0 bridgehead atoms. The summed E-state index contributed by atoms with van der Waals surface area (Å²) in [7, 11) is 0. The Bertz CT molecular complexity index is 803. The van der Waals surface area contributed by atoms with Gasteiger partial charge in [0, 0.05) is 30.5 Å². The second-order valence-electron chi connectivity index (χ2n) is 7.35. The van der Waals surface area contributed by atoms with E-state index in [1.54, 1.807) is 0 Å². The first kappa shape index (κ1) is 16.8. The number of anilines is 1.